The summed E-state index contributed by atoms with van der Waals surface area (Å²) in [5.41, 5.74) is 2.15. The third kappa shape index (κ3) is 4.00. The molecule has 0 fully saturated rings. The summed E-state index contributed by atoms with van der Waals surface area (Å²) in [6.45, 7) is 2.30. The minimum atomic E-state index is -3.66. The van der Waals surface area contributed by atoms with Crippen molar-refractivity contribution in [3.63, 3.8) is 0 Å². The molecule has 2 aromatic rings. The summed E-state index contributed by atoms with van der Waals surface area (Å²) in [6.07, 6.45) is 0.207. The highest BCUT2D eigenvalue weighted by Gasteiger charge is 2.29. The highest BCUT2D eigenvalue weighted by Crippen LogP contribution is 2.39. The molecule has 0 bridgehead atoms. The molecule has 1 aliphatic heterocycles. The predicted octanol–water partition coefficient (Wildman–Crippen LogP) is 3.86. The standard InChI is InChI=1S/C18H19ClN2O3S2/c1-13-2-5-15(6-3-13)26(23,24)21-10-11-25-17-7-4-14(12-16(17)21)20-18(22)8-9-19/h2-7,12H,8-11H2,1H3,(H,20,22). The van der Waals surface area contributed by atoms with Gasteiger partial charge in [0.2, 0.25) is 5.91 Å². The van der Waals surface area contributed by atoms with Crippen LogP contribution in [0.1, 0.15) is 12.0 Å². The lowest BCUT2D eigenvalue weighted by atomic mass is 10.2. The molecule has 0 radical (unpaired) electrons. The first kappa shape index (κ1) is 19.1. The Morgan fingerprint density at radius 1 is 1.23 bits per heavy atom. The number of thioether (sulfide) groups is 1. The lowest BCUT2D eigenvalue weighted by Gasteiger charge is -2.30. The molecule has 5 nitrogen and oxygen atoms in total. The zero-order valence-electron chi connectivity index (χ0n) is 14.2. The second-order valence-corrected chi connectivity index (χ2v) is 9.29. The molecule has 1 aliphatic rings. The molecule has 0 spiro atoms. The summed E-state index contributed by atoms with van der Waals surface area (Å²) in [6, 6.07) is 12.1. The number of aryl methyl sites for hydroxylation is 1. The van der Waals surface area contributed by atoms with Crippen molar-refractivity contribution in [1.29, 1.82) is 0 Å². The number of sulfonamides is 1. The second kappa shape index (κ2) is 7.90. The van der Waals surface area contributed by atoms with E-state index in [-0.39, 0.29) is 23.1 Å². The number of nitrogens with one attached hydrogen (secondary N) is 1. The van der Waals surface area contributed by atoms with Crippen molar-refractivity contribution in [2.75, 3.05) is 27.8 Å². The van der Waals surface area contributed by atoms with Crippen LogP contribution >= 0.6 is 23.4 Å². The summed E-state index contributed by atoms with van der Waals surface area (Å²) in [5.74, 6) is 0.715. The molecule has 1 heterocycles. The van der Waals surface area contributed by atoms with Gasteiger partial charge in [-0.1, -0.05) is 17.7 Å². The first-order valence-electron chi connectivity index (χ1n) is 8.14. The summed E-state index contributed by atoms with van der Waals surface area (Å²) in [4.78, 5) is 12.9. The van der Waals surface area contributed by atoms with Gasteiger partial charge in [-0.05, 0) is 37.3 Å². The van der Waals surface area contributed by atoms with E-state index in [1.165, 1.54) is 4.31 Å². The number of alkyl halides is 1. The Hall–Kier alpha value is -1.70. The van der Waals surface area contributed by atoms with Crippen LogP contribution in [0.5, 0.6) is 0 Å². The molecule has 8 heteroatoms. The van der Waals surface area contributed by atoms with Crippen molar-refractivity contribution < 1.29 is 13.2 Å². The smallest absolute Gasteiger partial charge is 0.264 e. The molecular weight excluding hydrogens is 392 g/mol. The van der Waals surface area contributed by atoms with Crippen molar-refractivity contribution >= 4 is 50.7 Å². The molecule has 0 saturated heterocycles. The Labute approximate surface area is 162 Å². The molecule has 0 saturated carbocycles. The largest absolute Gasteiger partial charge is 0.326 e. The Bertz CT molecular complexity index is 915. The predicted molar refractivity (Wildman–Crippen MR) is 107 cm³/mol. The van der Waals surface area contributed by atoms with E-state index in [0.717, 1.165) is 10.5 Å². The molecule has 0 unspecified atom stereocenters. The van der Waals surface area contributed by atoms with Crippen molar-refractivity contribution in [1.82, 2.24) is 0 Å². The van der Waals surface area contributed by atoms with Crippen LogP contribution in [0, 0.1) is 6.92 Å². The molecule has 26 heavy (non-hydrogen) atoms. The molecule has 3 rings (SSSR count). The first-order chi connectivity index (χ1) is 12.4. The van der Waals surface area contributed by atoms with E-state index in [4.69, 9.17) is 11.6 Å². The van der Waals surface area contributed by atoms with Crippen LogP contribution in [0.15, 0.2) is 52.3 Å². The highest BCUT2D eigenvalue weighted by atomic mass is 35.5. The Morgan fingerprint density at radius 2 is 1.96 bits per heavy atom. The number of nitrogens with zero attached hydrogens (tertiary/aromatic N) is 1. The van der Waals surface area contributed by atoms with Gasteiger partial charge in [0.15, 0.2) is 0 Å². The molecule has 1 N–H and O–H groups in total. The summed E-state index contributed by atoms with van der Waals surface area (Å²) >= 11 is 7.19. The highest BCUT2D eigenvalue weighted by molar-refractivity contribution is 8.00. The van der Waals surface area contributed by atoms with Crippen LogP contribution in [-0.2, 0) is 14.8 Å². The quantitative estimate of drug-likeness (QED) is 0.760. The Kier molecular flexibility index (Phi) is 5.79. The summed E-state index contributed by atoms with van der Waals surface area (Å²) in [5, 5.41) is 2.76. The van der Waals surface area contributed by atoms with Gasteiger partial charge in [0.05, 0.1) is 10.6 Å². The SMILES string of the molecule is Cc1ccc(S(=O)(=O)N2CCSc3ccc(NC(=O)CCCl)cc32)cc1. The minimum absolute atomic E-state index is 0.198. The number of hydrogen-bond acceptors (Lipinski definition) is 4. The van der Waals surface area contributed by atoms with Gasteiger partial charge in [-0.25, -0.2) is 8.42 Å². The van der Waals surface area contributed by atoms with E-state index in [1.807, 2.05) is 13.0 Å². The van der Waals surface area contributed by atoms with Crippen LogP contribution in [0.4, 0.5) is 11.4 Å². The summed E-state index contributed by atoms with van der Waals surface area (Å²) in [7, 11) is -3.66. The van der Waals surface area contributed by atoms with Gasteiger partial charge in [-0.2, -0.15) is 0 Å². The van der Waals surface area contributed by atoms with E-state index in [1.54, 1.807) is 48.2 Å². The van der Waals surface area contributed by atoms with Crippen LogP contribution < -0.4 is 9.62 Å². The fourth-order valence-corrected chi connectivity index (χ4v) is 5.46. The fraction of sp³-hybridized carbons (Fsp3) is 0.278. The van der Waals surface area contributed by atoms with E-state index in [9.17, 15) is 13.2 Å². The first-order valence-corrected chi connectivity index (χ1v) is 11.1. The second-order valence-electron chi connectivity index (χ2n) is 5.91. The number of carbonyl (C=O) groups excluding carboxylic acids is 1. The lowest BCUT2D eigenvalue weighted by molar-refractivity contribution is -0.115. The van der Waals surface area contributed by atoms with Crippen LogP contribution in [0.25, 0.3) is 0 Å². The Balaban J connectivity index is 1.96. The maximum absolute atomic E-state index is 13.1. The van der Waals surface area contributed by atoms with Crippen LogP contribution in [0.3, 0.4) is 0 Å². The van der Waals surface area contributed by atoms with E-state index in [2.05, 4.69) is 5.32 Å². The normalized spacial score (nSPS) is 14.0. The molecule has 0 aliphatic carbocycles. The van der Waals surface area contributed by atoms with Gasteiger partial charge in [-0.15, -0.1) is 23.4 Å². The topological polar surface area (TPSA) is 66.5 Å². The Morgan fingerprint density at radius 3 is 2.65 bits per heavy atom. The van der Waals surface area contributed by atoms with Gasteiger partial charge in [0.1, 0.15) is 0 Å². The van der Waals surface area contributed by atoms with Gasteiger partial charge >= 0.3 is 0 Å². The average molecular weight is 411 g/mol. The molecule has 138 valence electrons. The minimum Gasteiger partial charge on any atom is -0.326 e. The number of rotatable bonds is 5. The van der Waals surface area contributed by atoms with E-state index in [0.29, 0.717) is 23.7 Å². The number of carbonyl (C=O) groups is 1. The van der Waals surface area contributed by atoms with E-state index < -0.39 is 10.0 Å². The molecule has 2 aromatic carbocycles. The van der Waals surface area contributed by atoms with Crippen LogP contribution in [0.2, 0.25) is 0 Å². The van der Waals surface area contributed by atoms with Crippen molar-refractivity contribution in [3.8, 4) is 0 Å². The van der Waals surface area contributed by atoms with Crippen molar-refractivity contribution in [3.05, 3.63) is 48.0 Å². The number of benzene rings is 2. The van der Waals surface area contributed by atoms with Gasteiger partial charge in [-0.3, -0.25) is 9.10 Å². The average Bonchev–Trinajstić information content (AvgIpc) is 2.61. The zero-order chi connectivity index (χ0) is 18.7. The number of hydrogen-bond donors (Lipinski definition) is 1. The van der Waals surface area contributed by atoms with Gasteiger partial charge in [0.25, 0.3) is 10.0 Å². The molecule has 0 aromatic heterocycles. The molecule has 1 amide bonds. The van der Waals surface area contributed by atoms with E-state index >= 15 is 0 Å². The van der Waals surface area contributed by atoms with Gasteiger partial charge < -0.3 is 5.32 Å². The third-order valence-corrected chi connectivity index (χ3v) is 7.05. The zero-order valence-corrected chi connectivity index (χ0v) is 16.6. The monoisotopic (exact) mass is 410 g/mol. The molecular formula is C18H19ClN2O3S2. The summed E-state index contributed by atoms with van der Waals surface area (Å²) < 4.78 is 27.6. The fourth-order valence-electron chi connectivity index (χ4n) is 2.67. The molecule has 0 atom stereocenters. The van der Waals surface area contributed by atoms with Crippen molar-refractivity contribution in [2.45, 2.75) is 23.1 Å². The number of amides is 1. The van der Waals surface area contributed by atoms with Gasteiger partial charge in [0, 0.05) is 35.2 Å². The third-order valence-electron chi connectivity index (χ3n) is 3.99. The maximum Gasteiger partial charge on any atom is 0.264 e. The lowest BCUT2D eigenvalue weighted by Crippen LogP contribution is -2.35. The number of anilines is 2. The number of fused-ring (bicyclic) bond motifs is 1. The number of halogens is 1. The van der Waals surface area contributed by atoms with Crippen molar-refractivity contribution in [2.24, 2.45) is 0 Å². The maximum atomic E-state index is 13.1. The van der Waals surface area contributed by atoms with Crippen LogP contribution in [-0.4, -0.2) is 32.5 Å².